The number of imide groups is 1. The van der Waals surface area contributed by atoms with Crippen molar-refractivity contribution in [1.29, 1.82) is 0 Å². The van der Waals surface area contributed by atoms with Crippen LogP contribution >= 0.6 is 0 Å². The molecule has 1 atom stereocenters. The standard InChI is InChI=1S/C29H45N5O5/c1-4-8-25(38)11-12-27(24(3)37)34(22-36)29(39)28-23(2)9-5-10-26(28)31-14-7-16-33-19-17-32(18-20-33)15-6-13-30-21-35/h5,9-10,21-22,27,31H,4,6-8,11-20H2,1-3H3,(H,30,35). The van der Waals surface area contributed by atoms with E-state index in [1.165, 1.54) is 6.92 Å². The van der Waals surface area contributed by atoms with Crippen molar-refractivity contribution in [2.75, 3.05) is 57.7 Å². The van der Waals surface area contributed by atoms with Crippen molar-refractivity contribution in [3.05, 3.63) is 29.3 Å². The number of aryl methyl sites for hydroxylation is 1. The molecule has 0 aliphatic carbocycles. The first kappa shape index (κ1) is 32.1. The predicted octanol–water partition coefficient (Wildman–Crippen LogP) is 2.26. The van der Waals surface area contributed by atoms with Gasteiger partial charge in [0.1, 0.15) is 5.78 Å². The highest BCUT2D eigenvalue weighted by Crippen LogP contribution is 2.23. The Labute approximate surface area is 232 Å². The third kappa shape index (κ3) is 10.5. The second-order valence-corrected chi connectivity index (χ2v) is 10.2. The molecule has 10 nitrogen and oxygen atoms in total. The summed E-state index contributed by atoms with van der Waals surface area (Å²) in [5, 5.41) is 6.06. The lowest BCUT2D eigenvalue weighted by molar-refractivity contribution is -0.129. The van der Waals surface area contributed by atoms with Gasteiger partial charge in [0.05, 0.1) is 11.6 Å². The van der Waals surface area contributed by atoms with Gasteiger partial charge in [0.15, 0.2) is 5.78 Å². The Balaban J connectivity index is 1.93. The normalized spacial score (nSPS) is 14.8. The summed E-state index contributed by atoms with van der Waals surface area (Å²) in [7, 11) is 0. The van der Waals surface area contributed by atoms with Crippen LogP contribution in [0.15, 0.2) is 18.2 Å². The molecule has 1 saturated heterocycles. The number of nitrogens with one attached hydrogen (secondary N) is 2. The van der Waals surface area contributed by atoms with Gasteiger partial charge in [-0.25, -0.2) is 0 Å². The molecule has 0 radical (unpaired) electrons. The zero-order chi connectivity index (χ0) is 28.6. The quantitative estimate of drug-likeness (QED) is 0.202. The van der Waals surface area contributed by atoms with Crippen LogP contribution in [0.4, 0.5) is 5.69 Å². The van der Waals surface area contributed by atoms with Crippen LogP contribution in [0.1, 0.15) is 68.3 Å². The van der Waals surface area contributed by atoms with Gasteiger partial charge < -0.3 is 20.4 Å². The molecule has 39 heavy (non-hydrogen) atoms. The van der Waals surface area contributed by atoms with Crippen LogP contribution in [0.2, 0.25) is 0 Å². The Morgan fingerprint density at radius 3 is 2.21 bits per heavy atom. The molecule has 0 spiro atoms. The van der Waals surface area contributed by atoms with E-state index in [-0.39, 0.29) is 24.4 Å². The molecule has 1 heterocycles. The summed E-state index contributed by atoms with van der Waals surface area (Å²) < 4.78 is 0. The molecule has 1 aromatic carbocycles. The fourth-order valence-corrected chi connectivity index (χ4v) is 4.96. The second kappa shape index (κ2) is 17.5. The van der Waals surface area contributed by atoms with E-state index in [9.17, 15) is 24.0 Å². The summed E-state index contributed by atoms with van der Waals surface area (Å²) >= 11 is 0. The molecule has 1 unspecified atom stereocenters. The van der Waals surface area contributed by atoms with Crippen molar-refractivity contribution in [3.8, 4) is 0 Å². The minimum Gasteiger partial charge on any atom is -0.384 e. The van der Waals surface area contributed by atoms with Crippen LogP contribution in [-0.4, -0.2) is 103 Å². The smallest absolute Gasteiger partial charge is 0.263 e. The van der Waals surface area contributed by atoms with Gasteiger partial charge >= 0.3 is 0 Å². The van der Waals surface area contributed by atoms with Crippen molar-refractivity contribution >= 4 is 36.0 Å². The fraction of sp³-hybridized carbons (Fsp3) is 0.621. The van der Waals surface area contributed by atoms with Gasteiger partial charge in [-0.1, -0.05) is 19.1 Å². The lowest BCUT2D eigenvalue weighted by Crippen LogP contribution is -2.47. The number of rotatable bonds is 19. The maximum Gasteiger partial charge on any atom is 0.263 e. The number of benzene rings is 1. The lowest BCUT2D eigenvalue weighted by Gasteiger charge is -2.34. The number of amides is 3. The average Bonchev–Trinajstić information content (AvgIpc) is 2.92. The van der Waals surface area contributed by atoms with Gasteiger partial charge in [0, 0.05) is 57.8 Å². The van der Waals surface area contributed by atoms with E-state index in [1.54, 1.807) is 0 Å². The Kier molecular flexibility index (Phi) is 14.4. The predicted molar refractivity (Wildman–Crippen MR) is 152 cm³/mol. The lowest BCUT2D eigenvalue weighted by atomic mass is 9.99. The van der Waals surface area contributed by atoms with Crippen LogP contribution in [0, 0.1) is 6.92 Å². The van der Waals surface area contributed by atoms with Gasteiger partial charge in [-0.05, 0) is 64.3 Å². The van der Waals surface area contributed by atoms with Gasteiger partial charge in [-0.2, -0.15) is 0 Å². The number of hydrogen-bond acceptors (Lipinski definition) is 8. The Morgan fingerprint density at radius 2 is 1.64 bits per heavy atom. The van der Waals surface area contributed by atoms with E-state index in [2.05, 4.69) is 20.4 Å². The Bertz CT molecular complexity index is 961. The molecule has 1 aliphatic heterocycles. The topological polar surface area (TPSA) is 119 Å². The maximum atomic E-state index is 13.5. The van der Waals surface area contributed by atoms with Crippen molar-refractivity contribution < 1.29 is 24.0 Å². The third-order valence-corrected chi connectivity index (χ3v) is 7.18. The molecule has 216 valence electrons. The molecule has 1 fully saturated rings. The molecule has 0 aromatic heterocycles. The van der Waals surface area contributed by atoms with Crippen molar-refractivity contribution in [3.63, 3.8) is 0 Å². The number of Topliss-reactive ketones (excluding diaryl/α,β-unsaturated/α-hetero) is 2. The van der Waals surface area contributed by atoms with E-state index in [4.69, 9.17) is 0 Å². The number of carbonyl (C=O) groups excluding carboxylic acids is 5. The van der Waals surface area contributed by atoms with Gasteiger partial charge in [0.25, 0.3) is 5.91 Å². The molecule has 0 bridgehead atoms. The van der Waals surface area contributed by atoms with Crippen LogP contribution in [-0.2, 0) is 19.2 Å². The van der Waals surface area contributed by atoms with E-state index in [1.807, 2.05) is 32.0 Å². The van der Waals surface area contributed by atoms with E-state index < -0.39 is 11.9 Å². The van der Waals surface area contributed by atoms with E-state index in [0.717, 1.165) is 69.8 Å². The molecule has 2 N–H and O–H groups in total. The largest absolute Gasteiger partial charge is 0.384 e. The molecule has 10 heteroatoms. The molecule has 3 amide bonds. The first-order valence-electron chi connectivity index (χ1n) is 14.1. The number of anilines is 1. The number of ketones is 2. The van der Waals surface area contributed by atoms with Crippen LogP contribution in [0.3, 0.4) is 0 Å². The van der Waals surface area contributed by atoms with Gasteiger partial charge in [0.2, 0.25) is 12.8 Å². The number of nitrogens with zero attached hydrogens (tertiary/aromatic N) is 3. The molecule has 1 aliphatic rings. The zero-order valence-corrected chi connectivity index (χ0v) is 23.7. The summed E-state index contributed by atoms with van der Waals surface area (Å²) in [6.07, 6.45) is 4.41. The highest BCUT2D eigenvalue weighted by atomic mass is 16.2. The van der Waals surface area contributed by atoms with E-state index >= 15 is 0 Å². The highest BCUT2D eigenvalue weighted by Gasteiger charge is 2.30. The first-order chi connectivity index (χ1) is 18.8. The summed E-state index contributed by atoms with van der Waals surface area (Å²) in [6, 6.07) is 4.51. The molecule has 2 rings (SSSR count). The summed E-state index contributed by atoms with van der Waals surface area (Å²) in [5.74, 6) is -0.831. The average molecular weight is 544 g/mol. The summed E-state index contributed by atoms with van der Waals surface area (Å²) in [4.78, 5) is 66.1. The van der Waals surface area contributed by atoms with Gasteiger partial charge in [-0.3, -0.25) is 28.9 Å². The summed E-state index contributed by atoms with van der Waals surface area (Å²) in [5.41, 5.74) is 1.71. The number of hydrogen-bond donors (Lipinski definition) is 2. The van der Waals surface area contributed by atoms with Crippen LogP contribution in [0.5, 0.6) is 0 Å². The fourth-order valence-electron chi connectivity index (χ4n) is 4.96. The monoisotopic (exact) mass is 543 g/mol. The molecular weight excluding hydrogens is 498 g/mol. The summed E-state index contributed by atoms with van der Waals surface area (Å²) in [6.45, 7) is 12.4. The minimum atomic E-state index is -0.969. The van der Waals surface area contributed by atoms with Crippen LogP contribution in [0.25, 0.3) is 0 Å². The Morgan fingerprint density at radius 1 is 1.00 bits per heavy atom. The highest BCUT2D eigenvalue weighted by molar-refractivity contribution is 6.07. The molecule has 1 aromatic rings. The number of piperazine rings is 1. The Hall–Kier alpha value is -3.11. The van der Waals surface area contributed by atoms with Crippen molar-refractivity contribution in [1.82, 2.24) is 20.0 Å². The zero-order valence-electron chi connectivity index (χ0n) is 23.7. The van der Waals surface area contributed by atoms with Crippen molar-refractivity contribution in [2.45, 2.75) is 65.3 Å². The second-order valence-electron chi connectivity index (χ2n) is 10.2. The van der Waals surface area contributed by atoms with Crippen LogP contribution < -0.4 is 10.6 Å². The first-order valence-corrected chi connectivity index (χ1v) is 14.1. The number of carbonyl (C=O) groups is 5. The minimum absolute atomic E-state index is 0.0219. The third-order valence-electron chi connectivity index (χ3n) is 7.18. The van der Waals surface area contributed by atoms with E-state index in [0.29, 0.717) is 42.7 Å². The van der Waals surface area contributed by atoms with Crippen molar-refractivity contribution in [2.24, 2.45) is 0 Å². The SMILES string of the molecule is CCCC(=O)CCC(C(C)=O)N(C=O)C(=O)c1c(C)cccc1NCCCN1CCN(CCCNC=O)CC1. The molecule has 0 saturated carbocycles. The molecular formula is C29H45N5O5. The van der Waals surface area contributed by atoms with Gasteiger partial charge in [-0.15, -0.1) is 0 Å². The maximum absolute atomic E-state index is 13.5.